The Morgan fingerprint density at radius 2 is 1.89 bits per heavy atom. The largest absolute Gasteiger partial charge is 0.0628 e. The van der Waals surface area contributed by atoms with Crippen LogP contribution in [0.5, 0.6) is 0 Å². The monoisotopic (exact) mass is 126 g/mol. The fourth-order valence-electron chi connectivity index (χ4n) is 1.10. The molecule has 0 nitrogen and oxygen atoms in total. The van der Waals surface area contributed by atoms with Crippen LogP contribution in [0.15, 0.2) is 0 Å². The van der Waals surface area contributed by atoms with Gasteiger partial charge in [0.15, 0.2) is 0 Å². The predicted molar refractivity (Wildman–Crippen MR) is 41.4 cm³/mol. The van der Waals surface area contributed by atoms with Crippen LogP contribution < -0.4 is 0 Å². The summed E-state index contributed by atoms with van der Waals surface area (Å²) in [6, 6.07) is 0. The van der Waals surface area contributed by atoms with E-state index < -0.39 is 0 Å². The number of rotatable bonds is 3. The summed E-state index contributed by atoms with van der Waals surface area (Å²) >= 11 is 0. The van der Waals surface area contributed by atoms with Crippen molar-refractivity contribution in [3.63, 3.8) is 0 Å². The summed E-state index contributed by atoms with van der Waals surface area (Å²) in [5.41, 5.74) is 0.782. The van der Waals surface area contributed by atoms with Crippen LogP contribution in [0.2, 0.25) is 0 Å². The predicted octanol–water partition coefficient (Wildman–Crippen LogP) is 3.22. The Kier molecular flexibility index (Phi) is 1.83. The Balaban J connectivity index is 2.05. The molecule has 0 N–H and O–H groups in total. The molecule has 0 aliphatic heterocycles. The van der Waals surface area contributed by atoms with Gasteiger partial charge >= 0.3 is 0 Å². The first kappa shape index (κ1) is 7.11. The number of hydrogen-bond donors (Lipinski definition) is 0. The molecule has 1 rings (SSSR count). The molecule has 0 amide bonds. The third-order valence-electron chi connectivity index (χ3n) is 2.43. The highest BCUT2D eigenvalue weighted by Gasteiger charge is 2.36. The summed E-state index contributed by atoms with van der Waals surface area (Å²) < 4.78 is 0. The second kappa shape index (κ2) is 2.32. The van der Waals surface area contributed by atoms with Crippen molar-refractivity contribution in [2.24, 2.45) is 11.3 Å². The molecule has 0 atom stereocenters. The maximum absolute atomic E-state index is 2.41. The van der Waals surface area contributed by atoms with Gasteiger partial charge in [-0.15, -0.1) is 0 Å². The maximum Gasteiger partial charge on any atom is -0.0325 e. The molecular weight excluding hydrogens is 108 g/mol. The Labute approximate surface area is 58.7 Å². The van der Waals surface area contributed by atoms with Gasteiger partial charge in [0, 0.05) is 0 Å². The lowest BCUT2D eigenvalue weighted by Gasteiger charge is -2.08. The van der Waals surface area contributed by atoms with Crippen molar-refractivity contribution < 1.29 is 0 Å². The van der Waals surface area contributed by atoms with E-state index in [9.17, 15) is 0 Å². The molecular formula is C9H18. The molecule has 0 spiro atoms. The van der Waals surface area contributed by atoms with Crippen molar-refractivity contribution in [3.05, 3.63) is 0 Å². The highest BCUT2D eigenvalue weighted by atomic mass is 14.4. The molecule has 1 aliphatic carbocycles. The summed E-state index contributed by atoms with van der Waals surface area (Å²) in [6.45, 7) is 7.03. The van der Waals surface area contributed by atoms with Gasteiger partial charge in [0.25, 0.3) is 0 Å². The van der Waals surface area contributed by atoms with Crippen LogP contribution in [0.1, 0.15) is 46.5 Å². The van der Waals surface area contributed by atoms with Crippen molar-refractivity contribution in [2.45, 2.75) is 46.5 Å². The van der Waals surface area contributed by atoms with E-state index in [0.717, 1.165) is 11.3 Å². The molecule has 1 aliphatic rings. The van der Waals surface area contributed by atoms with E-state index in [1.807, 2.05) is 0 Å². The number of hydrogen-bond acceptors (Lipinski definition) is 0. The maximum atomic E-state index is 2.41. The first-order valence-electron chi connectivity index (χ1n) is 4.12. The van der Waals surface area contributed by atoms with Crippen LogP contribution in [-0.4, -0.2) is 0 Å². The average molecular weight is 126 g/mol. The molecule has 0 saturated heterocycles. The van der Waals surface area contributed by atoms with Gasteiger partial charge in [-0.2, -0.15) is 0 Å². The second-order valence-electron chi connectivity index (χ2n) is 4.24. The molecule has 1 fully saturated rings. The average Bonchev–Trinajstić information content (AvgIpc) is 2.45. The minimum Gasteiger partial charge on any atom is -0.0628 e. The Morgan fingerprint density at radius 1 is 1.33 bits per heavy atom. The quantitative estimate of drug-likeness (QED) is 0.544. The van der Waals surface area contributed by atoms with E-state index in [2.05, 4.69) is 20.8 Å². The summed E-state index contributed by atoms with van der Waals surface area (Å²) in [7, 11) is 0. The normalized spacial score (nSPS) is 22.7. The molecule has 0 unspecified atom stereocenters. The van der Waals surface area contributed by atoms with Gasteiger partial charge in [0.1, 0.15) is 0 Å². The first-order chi connectivity index (χ1) is 4.12. The van der Waals surface area contributed by atoms with Crippen LogP contribution in [-0.2, 0) is 0 Å². The van der Waals surface area contributed by atoms with Gasteiger partial charge in [0.05, 0.1) is 0 Å². The third kappa shape index (κ3) is 2.38. The van der Waals surface area contributed by atoms with Gasteiger partial charge in [-0.05, 0) is 30.6 Å². The fraction of sp³-hybridized carbons (Fsp3) is 1.00. The Bertz CT molecular complexity index is 88.2. The molecule has 0 aromatic heterocycles. The smallest absolute Gasteiger partial charge is 0.0325 e. The van der Waals surface area contributed by atoms with Crippen LogP contribution in [0.4, 0.5) is 0 Å². The van der Waals surface area contributed by atoms with Crippen LogP contribution in [0, 0.1) is 11.3 Å². The van der Waals surface area contributed by atoms with Crippen molar-refractivity contribution in [3.8, 4) is 0 Å². The van der Waals surface area contributed by atoms with Gasteiger partial charge in [-0.25, -0.2) is 0 Å². The summed E-state index contributed by atoms with van der Waals surface area (Å²) in [5, 5.41) is 0. The van der Waals surface area contributed by atoms with E-state index in [0.29, 0.717) is 0 Å². The standard InChI is InChI=1S/C9H18/c1-8(2)4-5-9(3)6-7-9/h8H,4-7H2,1-3H3. The van der Waals surface area contributed by atoms with Gasteiger partial charge in [-0.1, -0.05) is 27.2 Å². The lowest BCUT2D eigenvalue weighted by atomic mass is 9.97. The van der Waals surface area contributed by atoms with Crippen molar-refractivity contribution in [1.82, 2.24) is 0 Å². The molecule has 0 aromatic rings. The lowest BCUT2D eigenvalue weighted by Crippen LogP contribution is -1.96. The van der Waals surface area contributed by atoms with E-state index in [1.54, 1.807) is 0 Å². The first-order valence-corrected chi connectivity index (χ1v) is 4.12. The van der Waals surface area contributed by atoms with Gasteiger partial charge in [0.2, 0.25) is 0 Å². The zero-order valence-corrected chi connectivity index (χ0v) is 6.91. The van der Waals surface area contributed by atoms with Crippen LogP contribution in [0.3, 0.4) is 0 Å². The van der Waals surface area contributed by atoms with Crippen molar-refractivity contribution >= 4 is 0 Å². The van der Waals surface area contributed by atoms with E-state index in [1.165, 1.54) is 25.7 Å². The topological polar surface area (TPSA) is 0 Å². The van der Waals surface area contributed by atoms with Crippen LogP contribution >= 0.6 is 0 Å². The van der Waals surface area contributed by atoms with Crippen molar-refractivity contribution in [2.75, 3.05) is 0 Å². The van der Waals surface area contributed by atoms with E-state index in [-0.39, 0.29) is 0 Å². The molecule has 0 radical (unpaired) electrons. The van der Waals surface area contributed by atoms with Gasteiger partial charge < -0.3 is 0 Å². The zero-order valence-electron chi connectivity index (χ0n) is 6.91. The lowest BCUT2D eigenvalue weighted by molar-refractivity contribution is 0.436. The fourth-order valence-corrected chi connectivity index (χ4v) is 1.10. The molecule has 0 heteroatoms. The molecule has 0 heterocycles. The minimum atomic E-state index is 0.782. The molecule has 54 valence electrons. The summed E-state index contributed by atoms with van der Waals surface area (Å²) in [5.74, 6) is 0.905. The molecule has 0 aromatic carbocycles. The molecule has 1 saturated carbocycles. The van der Waals surface area contributed by atoms with E-state index in [4.69, 9.17) is 0 Å². The third-order valence-corrected chi connectivity index (χ3v) is 2.43. The van der Waals surface area contributed by atoms with E-state index >= 15 is 0 Å². The molecule has 9 heavy (non-hydrogen) atoms. The highest BCUT2D eigenvalue weighted by molar-refractivity contribution is 4.88. The molecule has 0 bridgehead atoms. The summed E-state index contributed by atoms with van der Waals surface area (Å²) in [6.07, 6.45) is 5.86. The zero-order chi connectivity index (χ0) is 6.91. The Hall–Kier alpha value is 0. The second-order valence-corrected chi connectivity index (χ2v) is 4.24. The van der Waals surface area contributed by atoms with Crippen molar-refractivity contribution in [1.29, 1.82) is 0 Å². The van der Waals surface area contributed by atoms with Gasteiger partial charge in [-0.3, -0.25) is 0 Å². The van der Waals surface area contributed by atoms with Crippen LogP contribution in [0.25, 0.3) is 0 Å². The Morgan fingerprint density at radius 3 is 2.22 bits per heavy atom. The SMILES string of the molecule is CC(C)CCC1(C)CC1. The minimum absolute atomic E-state index is 0.782. The highest BCUT2D eigenvalue weighted by Crippen LogP contribution is 2.49. The summed E-state index contributed by atoms with van der Waals surface area (Å²) in [4.78, 5) is 0.